The fourth-order valence-electron chi connectivity index (χ4n) is 4.22. The molecule has 0 saturated carbocycles. The lowest BCUT2D eigenvalue weighted by atomic mass is 10.1. The van der Waals surface area contributed by atoms with Gasteiger partial charge in [0.05, 0.1) is 13.1 Å². The van der Waals surface area contributed by atoms with Crippen LogP contribution in [0.2, 0.25) is 0 Å². The topological polar surface area (TPSA) is 43.2 Å². The highest BCUT2D eigenvalue weighted by Crippen LogP contribution is 2.22. The fourth-order valence-corrected chi connectivity index (χ4v) is 4.48. The van der Waals surface area contributed by atoms with Gasteiger partial charge in [-0.25, -0.2) is 4.39 Å². The van der Waals surface area contributed by atoms with Crippen molar-refractivity contribution in [3.8, 4) is 11.5 Å². The fraction of sp³-hybridized carbons (Fsp3) is 0.161. The third kappa shape index (κ3) is 7.37. The maximum absolute atomic E-state index is 13.4. The zero-order chi connectivity index (χ0) is 26.2. The summed E-state index contributed by atoms with van der Waals surface area (Å²) in [5.41, 5.74) is 3.46. The average Bonchev–Trinajstić information content (AvgIpc) is 3.37. The molecule has 0 bridgehead atoms. The molecule has 0 aliphatic rings. The molecular formula is C31H28BrFN4O. The lowest BCUT2D eigenvalue weighted by molar-refractivity contribution is 0.250. The van der Waals surface area contributed by atoms with Crippen LogP contribution in [-0.4, -0.2) is 26.2 Å². The van der Waals surface area contributed by atoms with Crippen molar-refractivity contribution in [3.05, 3.63) is 142 Å². The van der Waals surface area contributed by atoms with Crippen LogP contribution in [0.5, 0.6) is 11.5 Å². The molecule has 0 amide bonds. The monoisotopic (exact) mass is 570 g/mol. The van der Waals surface area contributed by atoms with Crippen molar-refractivity contribution in [2.75, 3.05) is 6.54 Å². The summed E-state index contributed by atoms with van der Waals surface area (Å²) < 4.78 is 22.4. The number of hydrogen-bond donors (Lipinski definition) is 0. The van der Waals surface area contributed by atoms with Gasteiger partial charge in [-0.1, -0.05) is 70.5 Å². The van der Waals surface area contributed by atoms with E-state index in [4.69, 9.17) is 4.74 Å². The maximum atomic E-state index is 13.4. The normalized spacial score (nSPS) is 11.1. The molecule has 0 saturated heterocycles. The van der Waals surface area contributed by atoms with E-state index >= 15 is 0 Å². The summed E-state index contributed by atoms with van der Waals surface area (Å²) in [6.07, 6.45) is 2.65. The Bertz CT molecular complexity index is 1420. The molecule has 0 N–H and O–H groups in total. The molecule has 5 rings (SSSR count). The van der Waals surface area contributed by atoms with Gasteiger partial charge in [0.2, 0.25) is 0 Å². The van der Waals surface area contributed by atoms with Gasteiger partial charge in [-0.3, -0.25) is 4.90 Å². The van der Waals surface area contributed by atoms with Crippen LogP contribution in [-0.2, 0) is 26.1 Å². The smallest absolute Gasteiger partial charge is 0.147 e. The highest BCUT2D eigenvalue weighted by Gasteiger charge is 2.13. The van der Waals surface area contributed by atoms with Crippen LogP contribution >= 0.6 is 15.9 Å². The Morgan fingerprint density at radius 2 is 1.39 bits per heavy atom. The first-order valence-electron chi connectivity index (χ1n) is 12.5. The maximum Gasteiger partial charge on any atom is 0.147 e. The van der Waals surface area contributed by atoms with Gasteiger partial charge in [-0.15, -0.1) is 10.2 Å². The Labute approximate surface area is 230 Å². The number of ether oxygens (including phenoxy) is 1. The summed E-state index contributed by atoms with van der Waals surface area (Å²) >= 11 is 3.52. The van der Waals surface area contributed by atoms with E-state index in [1.165, 1.54) is 23.3 Å². The first kappa shape index (κ1) is 25.8. The predicted molar refractivity (Wildman–Crippen MR) is 150 cm³/mol. The number of rotatable bonds is 11. The molecule has 0 fully saturated rings. The van der Waals surface area contributed by atoms with Gasteiger partial charge in [0, 0.05) is 17.6 Å². The minimum absolute atomic E-state index is 0.239. The Morgan fingerprint density at radius 3 is 2.13 bits per heavy atom. The van der Waals surface area contributed by atoms with E-state index in [-0.39, 0.29) is 5.82 Å². The van der Waals surface area contributed by atoms with Crippen molar-refractivity contribution >= 4 is 15.9 Å². The van der Waals surface area contributed by atoms with Crippen LogP contribution in [0.3, 0.4) is 0 Å². The molecule has 1 heterocycles. The zero-order valence-electron chi connectivity index (χ0n) is 20.9. The molecule has 4 aromatic carbocycles. The van der Waals surface area contributed by atoms with E-state index in [2.05, 4.69) is 67.4 Å². The summed E-state index contributed by atoms with van der Waals surface area (Å²) in [4.78, 5) is 2.38. The molecule has 7 heteroatoms. The molecule has 192 valence electrons. The summed E-state index contributed by atoms with van der Waals surface area (Å²) in [6.45, 7) is 2.84. The van der Waals surface area contributed by atoms with Crippen LogP contribution in [0.15, 0.2) is 114 Å². The van der Waals surface area contributed by atoms with Crippen LogP contribution in [0.4, 0.5) is 4.39 Å². The van der Waals surface area contributed by atoms with Crippen molar-refractivity contribution in [1.29, 1.82) is 0 Å². The van der Waals surface area contributed by atoms with E-state index in [9.17, 15) is 4.39 Å². The van der Waals surface area contributed by atoms with E-state index in [0.717, 1.165) is 46.9 Å². The first-order valence-corrected chi connectivity index (χ1v) is 13.3. The van der Waals surface area contributed by atoms with E-state index in [1.54, 1.807) is 18.5 Å². The summed E-state index contributed by atoms with van der Waals surface area (Å²) in [5.74, 6) is 2.25. The molecule has 38 heavy (non-hydrogen) atoms. The molecule has 0 aliphatic heterocycles. The number of hydrogen-bond acceptors (Lipinski definition) is 4. The molecule has 0 aliphatic carbocycles. The Kier molecular flexibility index (Phi) is 8.58. The van der Waals surface area contributed by atoms with Crippen LogP contribution in [0.1, 0.15) is 22.5 Å². The van der Waals surface area contributed by atoms with Gasteiger partial charge in [0.15, 0.2) is 0 Å². The van der Waals surface area contributed by atoms with Gasteiger partial charge in [0.25, 0.3) is 0 Å². The Morgan fingerprint density at radius 1 is 0.737 bits per heavy atom. The second kappa shape index (κ2) is 12.6. The molecule has 0 unspecified atom stereocenters. The van der Waals surface area contributed by atoms with Gasteiger partial charge >= 0.3 is 0 Å². The van der Waals surface area contributed by atoms with Crippen molar-refractivity contribution in [1.82, 2.24) is 19.7 Å². The van der Waals surface area contributed by atoms with E-state index in [0.29, 0.717) is 13.1 Å². The van der Waals surface area contributed by atoms with Gasteiger partial charge < -0.3 is 9.30 Å². The Balaban J connectivity index is 1.29. The van der Waals surface area contributed by atoms with E-state index in [1.807, 2.05) is 47.0 Å². The second-order valence-electron chi connectivity index (χ2n) is 9.15. The summed E-state index contributed by atoms with van der Waals surface area (Å²) in [6, 6.07) is 33.0. The lowest BCUT2D eigenvalue weighted by Crippen LogP contribution is -2.27. The van der Waals surface area contributed by atoms with Crippen molar-refractivity contribution in [2.24, 2.45) is 0 Å². The number of aromatic nitrogens is 3. The SMILES string of the molecule is Fc1ccc(Cn2cnnc2CN(CCc2ccc(Br)cc2)Cc2ccc(Oc3ccccc3)cc2)cc1. The highest BCUT2D eigenvalue weighted by atomic mass is 79.9. The minimum atomic E-state index is -0.239. The van der Waals surface area contributed by atoms with Gasteiger partial charge in [-0.2, -0.15) is 0 Å². The summed E-state index contributed by atoms with van der Waals surface area (Å²) in [5, 5.41) is 8.58. The first-order chi connectivity index (χ1) is 18.6. The van der Waals surface area contributed by atoms with Crippen molar-refractivity contribution in [2.45, 2.75) is 26.1 Å². The van der Waals surface area contributed by atoms with Crippen LogP contribution in [0.25, 0.3) is 0 Å². The van der Waals surface area contributed by atoms with Crippen LogP contribution < -0.4 is 4.74 Å². The number of para-hydroxylation sites is 1. The molecule has 0 spiro atoms. The number of halogens is 2. The predicted octanol–water partition coefficient (Wildman–Crippen LogP) is 7.27. The van der Waals surface area contributed by atoms with Crippen molar-refractivity contribution < 1.29 is 9.13 Å². The number of benzene rings is 4. The third-order valence-electron chi connectivity index (χ3n) is 6.27. The molecule has 0 radical (unpaired) electrons. The van der Waals surface area contributed by atoms with Crippen LogP contribution in [0, 0.1) is 5.82 Å². The standard InChI is InChI=1S/C31H28BrFN4O/c32-27-12-6-24(7-13-27)18-19-36(20-25-10-16-30(17-11-25)38-29-4-2-1-3-5-29)22-31-35-34-23-37(31)21-26-8-14-28(33)15-9-26/h1-17,23H,18-22H2. The Hall–Kier alpha value is -3.81. The minimum Gasteiger partial charge on any atom is -0.457 e. The van der Waals surface area contributed by atoms with Gasteiger partial charge in [0.1, 0.15) is 29.5 Å². The molecule has 5 aromatic rings. The lowest BCUT2D eigenvalue weighted by Gasteiger charge is -2.23. The largest absolute Gasteiger partial charge is 0.457 e. The summed E-state index contributed by atoms with van der Waals surface area (Å²) in [7, 11) is 0. The highest BCUT2D eigenvalue weighted by molar-refractivity contribution is 9.10. The number of nitrogens with zero attached hydrogens (tertiary/aromatic N) is 4. The van der Waals surface area contributed by atoms with Gasteiger partial charge in [-0.05, 0) is 71.6 Å². The quantitative estimate of drug-likeness (QED) is 0.167. The molecule has 1 aromatic heterocycles. The second-order valence-corrected chi connectivity index (χ2v) is 10.1. The van der Waals surface area contributed by atoms with Crippen molar-refractivity contribution in [3.63, 3.8) is 0 Å². The molecule has 5 nitrogen and oxygen atoms in total. The zero-order valence-corrected chi connectivity index (χ0v) is 22.5. The third-order valence-corrected chi connectivity index (χ3v) is 6.79. The molecular weight excluding hydrogens is 543 g/mol. The average molecular weight is 571 g/mol. The van der Waals surface area contributed by atoms with E-state index < -0.39 is 0 Å². The molecule has 0 atom stereocenters.